The zero-order valence-electron chi connectivity index (χ0n) is 119. The number of carbonyl (C=O) groups is 3. The highest BCUT2D eigenvalue weighted by Gasteiger charge is 2.36. The summed E-state index contributed by atoms with van der Waals surface area (Å²) in [5.41, 5.74) is -17.0. The first kappa shape index (κ1) is 64.8. The second kappa shape index (κ2) is 50.1. The van der Waals surface area contributed by atoms with Crippen LogP contribution in [0.4, 0.5) is 52.7 Å². The third-order valence-electron chi connectivity index (χ3n) is 21.7. The average molecular weight is 2070 g/mol. The minimum atomic E-state index is -5.20. The molecule has 0 bridgehead atoms. The van der Waals surface area contributed by atoms with E-state index in [1.807, 2.05) is 0 Å². The van der Waals surface area contributed by atoms with E-state index in [0.29, 0.717) is 87.6 Å². The van der Waals surface area contributed by atoms with Crippen LogP contribution in [0.25, 0.3) is 33.4 Å². The molecule has 3 amide bonds. The molecule has 0 saturated heterocycles. The zero-order chi connectivity index (χ0) is 140. The first-order valence-corrected chi connectivity index (χ1v) is 45.9. The summed E-state index contributed by atoms with van der Waals surface area (Å²) in [6, 6.07) is 24.1. The van der Waals surface area contributed by atoms with Gasteiger partial charge in [0.25, 0.3) is 16.7 Å². The summed E-state index contributed by atoms with van der Waals surface area (Å²) in [6.07, 6.45) is -19.0. The molecule has 12 aromatic rings. The van der Waals surface area contributed by atoms with Crippen molar-refractivity contribution in [1.29, 1.82) is 0 Å². The van der Waals surface area contributed by atoms with E-state index in [4.69, 9.17) is 52.1 Å². The maximum Gasteiger partial charge on any atom is 0.416 e. The van der Waals surface area contributed by atoms with Gasteiger partial charge in [-0.2, -0.15) is 54.5 Å². The van der Waals surface area contributed by atoms with Gasteiger partial charge in [0.15, 0.2) is 15.5 Å². The van der Waals surface area contributed by atoms with E-state index in [9.17, 15) is 86.9 Å². The molecule has 9 aromatic carbocycles. The van der Waals surface area contributed by atoms with Crippen molar-refractivity contribution in [3.05, 3.63) is 350 Å². The number of carbonyl (C=O) groups excluding carboxylic acids is 3. The first-order valence-electron chi connectivity index (χ1n) is 64.4. The van der Waals surface area contributed by atoms with Crippen molar-refractivity contribution in [2.24, 2.45) is 5.89 Å². The highest BCUT2D eigenvalue weighted by Crippen LogP contribution is 2.39. The van der Waals surface area contributed by atoms with Crippen LogP contribution in [-0.2, 0) is 128 Å². The van der Waals surface area contributed by atoms with Crippen molar-refractivity contribution >= 4 is 53.0 Å². The number of hydrogen-bond donors (Lipinski definition) is 0. The number of fused-ring (bicyclic) bond motifs is 3. The maximum absolute atomic E-state index is 14.9. The van der Waals surface area contributed by atoms with E-state index in [0.717, 1.165) is 131 Å². The topological polar surface area (TPSA) is 175 Å². The van der Waals surface area contributed by atoms with E-state index in [-0.39, 0.29) is 112 Å². The van der Waals surface area contributed by atoms with Crippen LogP contribution in [0.3, 0.4) is 0 Å². The second-order valence-corrected chi connectivity index (χ2v) is 33.6. The standard InChI is InChI=1S/2C37H40F4N4O2S.C36H38F4N4O2S/c1-4-43(5-2)18-19-44(22-26-6-10-28(11-7-26)29-12-14-30(15-13-29)37(39,40)41)34(46)23-45-33-21-25(3)20-32(33)35(47)42-36(45)48-24-27-8-16-31(38)17-9-27;1-4-43(5-2)19-20-44(22-26-9-13-28(14-10-26)29-15-18-32(25(3)21-29)37(39,40)41)34(46)23-45-33-8-6-7-31(33)35(47)42-36(45)48-24-27-11-16-30(38)17-12-27;1-3-42(4-2)20-21-43(22-25-8-12-27(13-9-25)28-14-16-29(17-15-28)36(38,39)40)33(45)23-44-32-7-5-6-31(32)34(46)41-35(44)47-24-26-10-18-30(37)19-11-26/h6-17,25H,4-5,18-24H2,1-3H3;9-18,21H,4-8,19-20,22-24H2,1-3H3;8-19H,3-7,20-24H2,1-2H3/i4D2,5D2,18D2,19D2,20D2,21D2,24D2,25D;4D2,5D2,9D,10D,13D,14D,15D,18D,19D2,20D2,21D,24D2;3D2,4D2,20D2,21D2,24D2. The van der Waals surface area contributed by atoms with Crippen LogP contribution < -0.4 is 16.7 Å². The molecule has 0 saturated carbocycles. The molecule has 143 heavy (non-hydrogen) atoms. The van der Waals surface area contributed by atoms with Gasteiger partial charge in [0.2, 0.25) is 17.7 Å². The minimum absolute atomic E-state index is 0.00943. The van der Waals surface area contributed by atoms with Gasteiger partial charge in [0.1, 0.15) is 37.1 Å². The highest BCUT2D eigenvalue weighted by atomic mass is 32.2. The summed E-state index contributed by atoms with van der Waals surface area (Å²) in [4.78, 5) is 96.7. The van der Waals surface area contributed by atoms with Crippen LogP contribution in [0.1, 0.15) is 208 Å². The van der Waals surface area contributed by atoms with Crippen molar-refractivity contribution in [3.8, 4) is 33.4 Å². The fourth-order valence-electron chi connectivity index (χ4n) is 14.4. The van der Waals surface area contributed by atoms with Gasteiger partial charge in [-0.25, -0.2) is 13.2 Å². The molecule has 3 aromatic heterocycles. The van der Waals surface area contributed by atoms with Gasteiger partial charge in [-0.3, -0.25) is 28.8 Å². The molecule has 756 valence electrons. The van der Waals surface area contributed by atoms with Crippen molar-refractivity contribution in [2.75, 3.05) is 78.0 Å². The fraction of sp³-hybridized carbons (Fsp3) is 0.373. The van der Waals surface area contributed by atoms with Gasteiger partial charge in [-0.05, 0) is 242 Å². The molecule has 0 fully saturated rings. The average Bonchev–Trinajstić information content (AvgIpc) is 1.52. The number of thioether (sulfide) groups is 3. The highest BCUT2D eigenvalue weighted by molar-refractivity contribution is 7.98. The summed E-state index contributed by atoms with van der Waals surface area (Å²) < 4.78 is 530. The Bertz CT molecular complexity index is 8690. The van der Waals surface area contributed by atoms with Crippen molar-refractivity contribution in [2.45, 2.75) is 197 Å². The third-order valence-corrected chi connectivity index (χ3v) is 24.2. The van der Waals surface area contributed by atoms with Crippen molar-refractivity contribution in [3.63, 3.8) is 0 Å². The van der Waals surface area contributed by atoms with Gasteiger partial charge >= 0.3 is 18.5 Å². The van der Waals surface area contributed by atoms with Gasteiger partial charge < -0.3 is 43.1 Å². The summed E-state index contributed by atoms with van der Waals surface area (Å²) >= 11 is 0.860. The van der Waals surface area contributed by atoms with Crippen molar-refractivity contribution < 1.29 is 125 Å². The molecule has 18 nitrogen and oxygen atoms in total. The van der Waals surface area contributed by atoms with E-state index >= 15 is 0 Å². The zero-order valence-corrected chi connectivity index (χ0v) is 79.7. The molecule has 3 aliphatic rings. The number of alkyl halides is 9. The molecule has 1 atom stereocenters. The normalized spacial score (nSPS) is 20.4. The summed E-state index contributed by atoms with van der Waals surface area (Å²) in [5.74, 6) is -8.99. The molecule has 15 rings (SSSR count). The summed E-state index contributed by atoms with van der Waals surface area (Å²) in [6.45, 7) is -40.0. The molecule has 0 radical (unpaired) electrons. The lowest BCUT2D eigenvalue weighted by molar-refractivity contribution is -0.138. The molecule has 0 aliphatic heterocycles. The van der Waals surface area contributed by atoms with E-state index in [1.165, 1.54) is 89.5 Å². The number of aromatic nitrogens is 6. The molecule has 3 aliphatic carbocycles. The van der Waals surface area contributed by atoms with Crippen LogP contribution in [0, 0.1) is 30.3 Å². The van der Waals surface area contributed by atoms with Gasteiger partial charge in [-0.15, -0.1) is 0 Å². The number of halogens is 12. The number of benzene rings is 9. The molecular formula is C110H118F12N12O6S3. The molecule has 0 N–H and O–H groups in total. The smallest absolute Gasteiger partial charge is 0.336 e. The first-order chi connectivity index (χ1) is 84.0. The lowest BCUT2D eigenvalue weighted by atomic mass is 9.98. The van der Waals surface area contributed by atoms with Crippen LogP contribution in [-0.4, -0.2) is 154 Å². The quantitative estimate of drug-likeness (QED) is 0.0202. The monoisotopic (exact) mass is 2070 g/mol. The van der Waals surface area contributed by atoms with Gasteiger partial charge in [0, 0.05) is 149 Å². The van der Waals surface area contributed by atoms with Crippen LogP contribution in [0.5, 0.6) is 0 Å². The lowest BCUT2D eigenvalue weighted by Gasteiger charge is -2.28. The Morgan fingerprint density at radius 1 is 0.385 bits per heavy atom. The van der Waals surface area contributed by atoms with Crippen molar-refractivity contribution in [1.82, 2.24) is 58.1 Å². The fourth-order valence-corrected chi connectivity index (χ4v) is 16.7. The minimum Gasteiger partial charge on any atom is -0.336 e. The Labute approximate surface area is 897 Å². The number of hydrogen-bond acceptors (Lipinski definition) is 15. The van der Waals surface area contributed by atoms with Crippen LogP contribution in [0.15, 0.2) is 242 Å². The van der Waals surface area contributed by atoms with Crippen LogP contribution >= 0.6 is 35.3 Å². The molecule has 1 unspecified atom stereocenters. The largest absolute Gasteiger partial charge is 0.416 e. The summed E-state index contributed by atoms with van der Waals surface area (Å²) in [7, 11) is 0. The van der Waals surface area contributed by atoms with E-state index in [2.05, 4.69) is 15.0 Å². The number of likely N-dealkylation sites (N-methyl/N-ethyl adjacent to an activating group) is 3. The molecular weight excluding hydrogens is 1910 g/mol. The number of amides is 3. The Kier molecular flexibility index (Phi) is 22.7. The molecule has 3 heterocycles. The Hall–Kier alpha value is -11.9. The number of rotatable bonds is 39. The second-order valence-electron chi connectivity index (χ2n) is 31.3. The predicted molar refractivity (Wildman–Crippen MR) is 539 cm³/mol. The van der Waals surface area contributed by atoms with Gasteiger partial charge in [-0.1, -0.05) is 229 Å². The van der Waals surface area contributed by atoms with E-state index in [1.54, 1.807) is 0 Å². The Morgan fingerprint density at radius 3 is 1.02 bits per heavy atom. The van der Waals surface area contributed by atoms with Gasteiger partial charge in [0.05, 0.1) is 34.5 Å². The van der Waals surface area contributed by atoms with E-state index < -0.39 is 326 Å². The van der Waals surface area contributed by atoms with Crippen LogP contribution in [0.2, 0.25) is 0 Å². The molecule has 0 spiro atoms. The lowest BCUT2D eigenvalue weighted by Crippen LogP contribution is -2.40. The Morgan fingerprint density at radius 2 is 0.692 bits per heavy atom. The third kappa shape index (κ3) is 29.5. The Balaban J connectivity index is 0.000000225. The molecule has 33 heteroatoms. The SMILES string of the molecule is [2H]C([2H])(Sc1nc(=O)c2c(n1CC(=O)N(Cc1ccc(-c3ccc(C(F)(F)F)cc3)cc1)C([2H])([2H])C([2H])([2H])N(C([2H])([2H])C)C([2H])([2H])C)C([2H])([2H])C([2H])(C)C2([2H])[2H])c1ccc(F)cc1.[2H]C([2H])(Sc1nc(=O)c2c(n1CC(=O)N(Cc1ccc(-c3ccc(C(F)(F)F)cc3)cc1)C([2H])([2H])C([2H])([2H])N(C([2H])([2H])C)C([2H])([2H])C)CCC2)c1ccc(F)cc1.[2H]c1c([2H])c(-c2c([2H])c([2H])c(C(F)(F)F)c(C)c2[2H])c([2H])c([2H])c1CN(C(=O)Cn1c(SC([2H])([2H])c2ccc(F)cc2)nc(=O)c2c1CCC2)C([2H])([2H])C([2H])([2H])N(C([2H])([2H])C)C([2H])([2H])C. The summed E-state index contributed by atoms with van der Waals surface area (Å²) in [5, 5.41) is -1.52. The maximum atomic E-state index is 14.9. The predicted octanol–water partition coefficient (Wildman–Crippen LogP) is 22.2. The number of nitrogens with zero attached hydrogens (tertiary/aromatic N) is 12.